The third-order valence-corrected chi connectivity index (χ3v) is 20.5. The van der Waals surface area contributed by atoms with Gasteiger partial charge in [0.1, 0.15) is 9.79 Å². The molecule has 25 nitrogen and oxygen atoms in total. The number of methoxy groups -OCH3 is 1. The van der Waals surface area contributed by atoms with E-state index in [9.17, 15) is 79.2 Å². The number of nitrogens with zero attached hydrogens (tertiary/aromatic N) is 2. The smallest absolute Gasteiger partial charge is 0.333 e. The number of anilines is 1. The maximum Gasteiger partial charge on any atom is 0.333 e. The second kappa shape index (κ2) is 28.4. The Morgan fingerprint density at radius 1 is 0.708 bits per heavy atom. The van der Waals surface area contributed by atoms with Gasteiger partial charge in [-0.3, -0.25) is 32.4 Å². The molecule has 2 amide bonds. The number of carbonyl (C=O) groups is 3. The molecule has 486 valence electrons. The molecule has 2 atom stereocenters. The zero-order valence-electron chi connectivity index (χ0n) is 49.0. The van der Waals surface area contributed by atoms with Gasteiger partial charge in [-0.15, -0.1) is 5.06 Å². The van der Waals surface area contributed by atoms with Gasteiger partial charge in [-0.1, -0.05) is 61.5 Å². The van der Waals surface area contributed by atoms with Crippen molar-refractivity contribution in [2.75, 3.05) is 70.6 Å². The number of hydroxylamine groups is 2. The second-order valence-electron chi connectivity index (χ2n) is 21.9. The summed E-state index contributed by atoms with van der Waals surface area (Å²) >= 11 is 7.32. The van der Waals surface area contributed by atoms with Crippen LogP contribution < -0.4 is 4.90 Å². The van der Waals surface area contributed by atoms with Gasteiger partial charge < -0.3 is 28.7 Å². The van der Waals surface area contributed by atoms with Gasteiger partial charge in [0.05, 0.1) is 55.2 Å². The van der Waals surface area contributed by atoms with Crippen molar-refractivity contribution in [2.24, 2.45) is 0 Å². The SMILES string of the molecule is C=C(/C=C/C1=C(Cl)C(=C/C=C2/N(CCCC(=O)ON3C(=O)CCC3=O)c3ccc4c(S(=O)(=O)O)cc(S(=O)(=O)O)cc4c3C2(C)CCOCCOCCOCCOC)/CCC1)C(C)(CCCS(=O)(=O)O)c1c(C)ccc2c(S(=O)(=O)O)cc(S(=O)(=O)O)cc12. The normalized spacial score (nSPS) is 18.8. The fraction of sp³-hybridized carbons (Fsp3) is 0.431. The number of amides is 2. The van der Waals surface area contributed by atoms with Gasteiger partial charge >= 0.3 is 5.97 Å². The Balaban J connectivity index is 1.34. The molecule has 0 saturated carbocycles. The van der Waals surface area contributed by atoms with Crippen LogP contribution in [0, 0.1) is 6.92 Å². The zero-order chi connectivity index (χ0) is 65.7. The lowest BCUT2D eigenvalue weighted by Crippen LogP contribution is -2.33. The van der Waals surface area contributed by atoms with Crippen LogP contribution >= 0.6 is 11.6 Å². The van der Waals surface area contributed by atoms with Gasteiger partial charge in [-0.25, -0.2) is 4.79 Å². The van der Waals surface area contributed by atoms with Crippen LogP contribution in [0.2, 0.25) is 0 Å². The molecule has 2 unspecified atom stereocenters. The molecule has 1 saturated heterocycles. The predicted octanol–water partition coefficient (Wildman–Crippen LogP) is 8.07. The Morgan fingerprint density at radius 3 is 1.82 bits per heavy atom. The van der Waals surface area contributed by atoms with E-state index in [1.54, 1.807) is 63.2 Å². The van der Waals surface area contributed by atoms with E-state index >= 15 is 0 Å². The Labute approximate surface area is 521 Å². The lowest BCUT2D eigenvalue weighted by Gasteiger charge is -2.34. The third kappa shape index (κ3) is 16.8. The van der Waals surface area contributed by atoms with Crippen LogP contribution in [0.4, 0.5) is 5.69 Å². The summed E-state index contributed by atoms with van der Waals surface area (Å²) in [5.41, 5.74) is 0.605. The maximum atomic E-state index is 13.2. The molecule has 0 radical (unpaired) electrons. The summed E-state index contributed by atoms with van der Waals surface area (Å²) in [7, 11) is -23.5. The van der Waals surface area contributed by atoms with E-state index in [0.29, 0.717) is 89.9 Å². The summed E-state index contributed by atoms with van der Waals surface area (Å²) in [6, 6.07) is 9.11. The van der Waals surface area contributed by atoms with Crippen LogP contribution in [0.25, 0.3) is 21.5 Å². The van der Waals surface area contributed by atoms with Crippen molar-refractivity contribution in [1.29, 1.82) is 0 Å². The first-order valence-electron chi connectivity index (χ1n) is 27.8. The van der Waals surface area contributed by atoms with Crippen molar-refractivity contribution in [2.45, 2.75) is 115 Å². The van der Waals surface area contributed by atoms with E-state index in [1.807, 2.05) is 0 Å². The molecule has 0 spiro atoms. The summed E-state index contributed by atoms with van der Waals surface area (Å²) in [6.07, 6.45) is 7.30. The van der Waals surface area contributed by atoms with Gasteiger partial charge in [0, 0.05) is 77.5 Å². The van der Waals surface area contributed by atoms with Crippen LogP contribution in [0.15, 0.2) is 126 Å². The van der Waals surface area contributed by atoms with E-state index in [-0.39, 0.29) is 116 Å². The van der Waals surface area contributed by atoms with Crippen molar-refractivity contribution in [1.82, 2.24) is 5.06 Å². The van der Waals surface area contributed by atoms with E-state index < -0.39 is 105 Å². The Kier molecular flexibility index (Phi) is 22.5. The Bertz CT molecular complexity index is 4190. The minimum absolute atomic E-state index is 0.000689. The molecule has 1 fully saturated rings. The van der Waals surface area contributed by atoms with Gasteiger partial charge in [0.2, 0.25) is 0 Å². The monoisotopic (exact) mass is 1360 g/mol. The number of hydrogen-bond acceptors (Lipinski definition) is 19. The molecular weight excluding hydrogens is 1290 g/mol. The van der Waals surface area contributed by atoms with E-state index in [2.05, 4.69) is 6.58 Å². The van der Waals surface area contributed by atoms with Crippen LogP contribution in [-0.2, 0) is 99.6 Å². The number of ether oxygens (including phenoxy) is 4. The predicted molar refractivity (Wildman–Crippen MR) is 326 cm³/mol. The Morgan fingerprint density at radius 2 is 1.26 bits per heavy atom. The molecule has 0 bridgehead atoms. The standard InChI is InChI=1S/C58H69ClN2O23S5/c1-37-12-16-43-45(33-41(86(68,69)70)35-48(43)88(74,75)76)54(37)57(3,22-8-32-85(65,66)67)38(2)13-14-39-9-6-10-40(56(39)59)15-19-50-58(4,23-25-81-28-29-83-31-30-82-27-26-80-5)55-46-34-42(87(71,72)73)36-49(89(77,78)79)44(46)17-18-47(55)60(50)24-7-11-53(64)84-61-51(62)20-21-52(61)63/h12-19,33-36H,2,6-11,20-32H2,1,3-5H3,(H,65,66,67)(H,68,69,70)(H,71,72,73)(H,74,75,76)(H,77,78,79)/b14-13+,40-15+,50-19+. The summed E-state index contributed by atoms with van der Waals surface area (Å²) in [5, 5.41) is 0.403. The summed E-state index contributed by atoms with van der Waals surface area (Å²) < 4.78 is 200. The first-order chi connectivity index (χ1) is 41.5. The van der Waals surface area contributed by atoms with Crippen molar-refractivity contribution in [3.05, 3.63) is 124 Å². The third-order valence-electron chi connectivity index (χ3n) is 15.8. The van der Waals surface area contributed by atoms with Gasteiger partial charge in [0.25, 0.3) is 62.4 Å². The van der Waals surface area contributed by atoms with Crippen molar-refractivity contribution >= 4 is 107 Å². The fourth-order valence-corrected chi connectivity index (χ4v) is 14.9. The highest BCUT2D eigenvalue weighted by molar-refractivity contribution is 7.87. The van der Waals surface area contributed by atoms with Crippen molar-refractivity contribution < 1.29 is 103 Å². The average Bonchev–Trinajstić information content (AvgIpc) is 1.63. The average molecular weight is 1360 g/mol. The van der Waals surface area contributed by atoms with Crippen LogP contribution in [0.3, 0.4) is 0 Å². The molecule has 4 aromatic carbocycles. The number of halogens is 1. The number of hydrogen-bond donors (Lipinski definition) is 5. The van der Waals surface area contributed by atoms with Gasteiger partial charge in [-0.2, -0.15) is 42.1 Å². The van der Waals surface area contributed by atoms with Crippen LogP contribution in [0.1, 0.15) is 94.7 Å². The summed E-state index contributed by atoms with van der Waals surface area (Å²) in [5.74, 6) is -2.99. The highest BCUT2D eigenvalue weighted by atomic mass is 35.5. The quantitative estimate of drug-likeness (QED) is 0.0142. The van der Waals surface area contributed by atoms with E-state index in [1.165, 1.54) is 18.2 Å². The first-order valence-corrected chi connectivity index (χ1v) is 35.5. The van der Waals surface area contributed by atoms with E-state index in [4.69, 9.17) is 35.4 Å². The van der Waals surface area contributed by atoms with E-state index in [0.717, 1.165) is 12.1 Å². The molecule has 3 aliphatic rings. The summed E-state index contributed by atoms with van der Waals surface area (Å²) in [4.78, 5) is 41.4. The number of benzene rings is 4. The molecule has 5 N–H and O–H groups in total. The molecule has 2 heterocycles. The van der Waals surface area contributed by atoms with Crippen LogP contribution in [0.5, 0.6) is 0 Å². The van der Waals surface area contributed by atoms with Crippen molar-refractivity contribution in [3.8, 4) is 0 Å². The lowest BCUT2D eigenvalue weighted by atomic mass is 9.69. The van der Waals surface area contributed by atoms with Gasteiger partial charge in [0.15, 0.2) is 0 Å². The zero-order valence-corrected chi connectivity index (χ0v) is 53.8. The molecule has 0 aromatic heterocycles. The minimum Gasteiger partial charge on any atom is -0.382 e. The number of carbonyl (C=O) groups excluding carboxylic acids is 3. The molecule has 4 aromatic rings. The fourth-order valence-electron chi connectivity index (χ4n) is 11.4. The lowest BCUT2D eigenvalue weighted by molar-refractivity contribution is -0.197. The number of aryl methyl sites for hydroxylation is 1. The molecule has 31 heteroatoms. The highest BCUT2D eigenvalue weighted by Gasteiger charge is 2.45. The number of allylic oxidation sites excluding steroid dienone is 9. The largest absolute Gasteiger partial charge is 0.382 e. The number of fused-ring (bicyclic) bond motifs is 4. The van der Waals surface area contributed by atoms with Crippen LogP contribution in [-0.4, -0.2) is 153 Å². The Hall–Kier alpha value is -5.81. The minimum atomic E-state index is -5.17. The summed E-state index contributed by atoms with van der Waals surface area (Å²) in [6.45, 7) is 11.0. The number of rotatable bonds is 30. The molecule has 7 rings (SSSR count). The number of imide groups is 1. The first kappa shape index (κ1) is 70.6. The maximum absolute atomic E-state index is 13.2. The molecule has 2 aliphatic heterocycles. The molecular formula is C58H69ClN2O23S5. The van der Waals surface area contributed by atoms with Gasteiger partial charge in [-0.05, 0) is 139 Å². The highest BCUT2D eigenvalue weighted by Crippen LogP contribution is 2.54. The van der Waals surface area contributed by atoms with Crippen molar-refractivity contribution in [3.63, 3.8) is 0 Å². The topological polar surface area (TPSA) is 376 Å². The molecule has 1 aliphatic carbocycles. The molecule has 89 heavy (non-hydrogen) atoms. The second-order valence-corrected chi connectivity index (χ2v) is 29.5.